The first-order valence-electron chi connectivity index (χ1n) is 8.30. The Balaban J connectivity index is 1.53. The number of thioether (sulfide) groups is 1. The molecule has 2 aliphatic rings. The molecule has 3 rings (SSSR count). The van der Waals surface area contributed by atoms with Crippen molar-refractivity contribution in [1.29, 1.82) is 0 Å². The van der Waals surface area contributed by atoms with Gasteiger partial charge in [0.05, 0.1) is 22.4 Å². The second-order valence-electron chi connectivity index (χ2n) is 6.38. The Kier molecular flexibility index (Phi) is 5.86. The first-order chi connectivity index (χ1) is 12.4. The molecule has 0 radical (unpaired) electrons. The summed E-state index contributed by atoms with van der Waals surface area (Å²) in [4.78, 5) is 25.1. The third kappa shape index (κ3) is 4.37. The Morgan fingerprint density at radius 1 is 1.31 bits per heavy atom. The van der Waals surface area contributed by atoms with Crippen molar-refractivity contribution < 1.29 is 23.1 Å². The topological polar surface area (TPSA) is 116 Å². The molecular weight excluding hydrogens is 378 g/mol. The number of carboxylic acids is 1. The maximum Gasteiger partial charge on any atom is 0.335 e. The fourth-order valence-electron chi connectivity index (χ4n) is 3.05. The molecule has 0 spiro atoms. The molecule has 2 saturated heterocycles. The number of carbonyl (C=O) groups is 2. The zero-order valence-electron chi connectivity index (χ0n) is 14.1. The minimum Gasteiger partial charge on any atom is -0.478 e. The van der Waals surface area contributed by atoms with E-state index in [2.05, 4.69) is 10.0 Å². The van der Waals surface area contributed by atoms with Crippen LogP contribution in [0.1, 0.15) is 16.8 Å². The molecule has 0 aromatic heterocycles. The zero-order valence-corrected chi connectivity index (χ0v) is 15.7. The Hall–Kier alpha value is -1.62. The molecule has 0 saturated carbocycles. The van der Waals surface area contributed by atoms with Crippen molar-refractivity contribution in [3.05, 3.63) is 29.8 Å². The number of hydrogen-bond acceptors (Lipinski definition) is 6. The van der Waals surface area contributed by atoms with Crippen LogP contribution in [0.2, 0.25) is 0 Å². The van der Waals surface area contributed by atoms with Crippen LogP contribution in [0.5, 0.6) is 0 Å². The van der Waals surface area contributed by atoms with E-state index in [0.29, 0.717) is 13.0 Å². The average Bonchev–Trinajstić information content (AvgIpc) is 3.31. The fraction of sp³-hybridized carbons (Fsp3) is 0.500. The molecule has 26 heavy (non-hydrogen) atoms. The van der Waals surface area contributed by atoms with Crippen molar-refractivity contribution in [1.82, 2.24) is 14.9 Å². The summed E-state index contributed by atoms with van der Waals surface area (Å²) in [7, 11) is -3.71. The summed E-state index contributed by atoms with van der Waals surface area (Å²) < 4.78 is 27.2. The first kappa shape index (κ1) is 19.2. The monoisotopic (exact) mass is 399 g/mol. The summed E-state index contributed by atoms with van der Waals surface area (Å²) in [6, 6.07) is 4.82. The molecule has 2 fully saturated rings. The standard InChI is InChI=1S/C16H21N3O5S2/c20-15(19-5-6-25-10-19)14-7-11(8-17-14)9-18-26(23,24)13-3-1-12(2-4-13)16(21)22/h1-4,11,14,17-18H,5-10H2,(H,21,22)/t11-,14?/m0/s1. The first-order valence-corrected chi connectivity index (χ1v) is 10.9. The average molecular weight is 399 g/mol. The van der Waals surface area contributed by atoms with E-state index < -0.39 is 16.0 Å². The summed E-state index contributed by atoms with van der Waals surface area (Å²) in [6.07, 6.45) is 0.598. The van der Waals surface area contributed by atoms with Crippen LogP contribution in [0, 0.1) is 5.92 Å². The van der Waals surface area contributed by atoms with Gasteiger partial charge in [-0.15, -0.1) is 11.8 Å². The van der Waals surface area contributed by atoms with Crippen molar-refractivity contribution in [3.8, 4) is 0 Å². The molecular formula is C16H21N3O5S2. The molecule has 142 valence electrons. The predicted molar refractivity (Wildman–Crippen MR) is 97.5 cm³/mol. The van der Waals surface area contributed by atoms with E-state index in [1.807, 2.05) is 4.90 Å². The number of sulfonamides is 1. The lowest BCUT2D eigenvalue weighted by Gasteiger charge is -2.19. The highest BCUT2D eigenvalue weighted by atomic mass is 32.2. The van der Waals surface area contributed by atoms with Gasteiger partial charge in [0.2, 0.25) is 15.9 Å². The molecule has 1 amide bonds. The third-order valence-corrected chi connectivity index (χ3v) is 6.96. The van der Waals surface area contributed by atoms with Gasteiger partial charge in [0.1, 0.15) is 0 Å². The van der Waals surface area contributed by atoms with E-state index in [0.717, 1.165) is 18.2 Å². The van der Waals surface area contributed by atoms with Crippen molar-refractivity contribution in [2.24, 2.45) is 5.92 Å². The highest BCUT2D eigenvalue weighted by Crippen LogP contribution is 2.20. The lowest BCUT2D eigenvalue weighted by Crippen LogP contribution is -2.42. The minimum absolute atomic E-state index is 0.0233. The molecule has 10 heteroatoms. The number of benzene rings is 1. The molecule has 1 unspecified atom stereocenters. The Morgan fingerprint density at radius 3 is 2.65 bits per heavy atom. The molecule has 2 heterocycles. The predicted octanol–water partition coefficient (Wildman–Crippen LogP) is 0.174. The number of aromatic carboxylic acids is 1. The minimum atomic E-state index is -3.71. The third-order valence-electron chi connectivity index (χ3n) is 4.56. The molecule has 3 N–H and O–H groups in total. The lowest BCUT2D eigenvalue weighted by atomic mass is 10.1. The Morgan fingerprint density at radius 2 is 2.04 bits per heavy atom. The van der Waals surface area contributed by atoms with Gasteiger partial charge < -0.3 is 15.3 Å². The number of carboxylic acid groups (broad SMARTS) is 1. The quantitative estimate of drug-likeness (QED) is 0.625. The summed E-state index contributed by atoms with van der Waals surface area (Å²) in [6.45, 7) is 1.58. The van der Waals surface area contributed by atoms with Crippen LogP contribution < -0.4 is 10.0 Å². The van der Waals surface area contributed by atoms with Gasteiger partial charge in [-0.05, 0) is 36.6 Å². The Bertz CT molecular complexity index is 776. The van der Waals surface area contributed by atoms with Gasteiger partial charge in [0.25, 0.3) is 0 Å². The van der Waals surface area contributed by atoms with Gasteiger partial charge in [-0.2, -0.15) is 0 Å². The van der Waals surface area contributed by atoms with Crippen LogP contribution in [0.3, 0.4) is 0 Å². The zero-order chi connectivity index (χ0) is 18.7. The highest BCUT2D eigenvalue weighted by molar-refractivity contribution is 7.99. The van der Waals surface area contributed by atoms with Gasteiger partial charge >= 0.3 is 5.97 Å². The lowest BCUT2D eigenvalue weighted by molar-refractivity contribution is -0.131. The summed E-state index contributed by atoms with van der Waals surface area (Å²) in [5.74, 6) is 0.700. The van der Waals surface area contributed by atoms with Crippen molar-refractivity contribution in [2.45, 2.75) is 17.4 Å². The normalized spacial score (nSPS) is 23.3. The number of nitrogens with zero attached hydrogens (tertiary/aromatic N) is 1. The van der Waals surface area contributed by atoms with Gasteiger partial charge in [-0.25, -0.2) is 17.9 Å². The number of carbonyl (C=O) groups excluding carboxylic acids is 1. The second kappa shape index (κ2) is 7.95. The van der Waals surface area contributed by atoms with Crippen molar-refractivity contribution in [3.63, 3.8) is 0 Å². The SMILES string of the molecule is O=C(O)c1ccc(S(=O)(=O)NC[C@@H]2CNC(C(=O)N3CCSC3)C2)cc1. The van der Waals surface area contributed by atoms with Crippen LogP contribution in [0.15, 0.2) is 29.2 Å². The van der Waals surface area contributed by atoms with Crippen LogP contribution in [0.25, 0.3) is 0 Å². The largest absolute Gasteiger partial charge is 0.478 e. The number of amides is 1. The molecule has 0 bridgehead atoms. The molecule has 2 aliphatic heterocycles. The maximum absolute atomic E-state index is 12.4. The van der Waals surface area contributed by atoms with Crippen molar-refractivity contribution in [2.75, 3.05) is 31.3 Å². The molecule has 1 aromatic rings. The second-order valence-corrected chi connectivity index (χ2v) is 9.22. The fourth-order valence-corrected chi connectivity index (χ4v) is 5.12. The van der Waals surface area contributed by atoms with E-state index in [9.17, 15) is 18.0 Å². The Labute approximate surface area is 156 Å². The van der Waals surface area contributed by atoms with Crippen LogP contribution in [-0.2, 0) is 14.8 Å². The smallest absolute Gasteiger partial charge is 0.335 e. The van der Waals surface area contributed by atoms with E-state index in [1.165, 1.54) is 24.3 Å². The molecule has 1 aromatic carbocycles. The van der Waals surface area contributed by atoms with E-state index in [4.69, 9.17) is 5.11 Å². The van der Waals surface area contributed by atoms with Gasteiger partial charge in [-0.1, -0.05) is 0 Å². The highest BCUT2D eigenvalue weighted by Gasteiger charge is 2.33. The number of rotatable bonds is 6. The van der Waals surface area contributed by atoms with E-state index >= 15 is 0 Å². The van der Waals surface area contributed by atoms with E-state index in [1.54, 1.807) is 11.8 Å². The summed E-state index contributed by atoms with van der Waals surface area (Å²) in [5, 5.41) is 12.0. The summed E-state index contributed by atoms with van der Waals surface area (Å²) >= 11 is 1.73. The number of hydrogen-bond donors (Lipinski definition) is 3. The van der Waals surface area contributed by atoms with Crippen LogP contribution in [0.4, 0.5) is 0 Å². The van der Waals surface area contributed by atoms with Gasteiger partial charge in [0.15, 0.2) is 0 Å². The summed E-state index contributed by atoms with van der Waals surface area (Å²) in [5.41, 5.74) is 0.0328. The van der Waals surface area contributed by atoms with Gasteiger partial charge in [0, 0.05) is 25.4 Å². The number of nitrogens with one attached hydrogen (secondary N) is 2. The molecule has 8 nitrogen and oxygen atoms in total. The van der Waals surface area contributed by atoms with Gasteiger partial charge in [-0.3, -0.25) is 4.79 Å². The van der Waals surface area contributed by atoms with E-state index in [-0.39, 0.29) is 34.9 Å². The molecule has 2 atom stereocenters. The van der Waals surface area contributed by atoms with Crippen molar-refractivity contribution >= 4 is 33.7 Å². The van der Waals surface area contributed by atoms with Crippen LogP contribution >= 0.6 is 11.8 Å². The van der Waals surface area contributed by atoms with Crippen LogP contribution in [-0.4, -0.2) is 67.6 Å². The molecule has 0 aliphatic carbocycles. The maximum atomic E-state index is 12.4.